The van der Waals surface area contributed by atoms with Crippen molar-refractivity contribution < 1.29 is 0 Å². The highest BCUT2D eigenvalue weighted by Gasteiger charge is 2.33. The Morgan fingerprint density at radius 3 is 0.956 bits per heavy atom. The molecule has 0 atom stereocenters. The first kappa shape index (κ1) is 35.4. The first-order valence-corrected chi connectivity index (χ1v) is 23.9. The largest absolute Gasteiger partial charge is 0.0622 e. The molecule has 0 amide bonds. The number of hydrogen-bond acceptors (Lipinski definition) is 0. The molecule has 0 unspecified atom stereocenters. The van der Waals surface area contributed by atoms with Crippen molar-refractivity contribution in [3.8, 4) is 55.6 Å². The lowest BCUT2D eigenvalue weighted by Crippen LogP contribution is -1.93. The van der Waals surface area contributed by atoms with Gasteiger partial charge in [-0.05, 0) is 180 Å². The fraction of sp³-hybridized carbons (Fsp3) is 0. The van der Waals surface area contributed by atoms with Crippen molar-refractivity contribution in [2.45, 2.75) is 0 Å². The summed E-state index contributed by atoms with van der Waals surface area (Å²) in [6.45, 7) is 0. The molecule has 0 aromatic heterocycles. The van der Waals surface area contributed by atoms with E-state index in [1.54, 1.807) is 0 Å². The van der Waals surface area contributed by atoms with Crippen molar-refractivity contribution in [2.75, 3.05) is 0 Å². The van der Waals surface area contributed by atoms with Crippen LogP contribution in [0.5, 0.6) is 0 Å². The van der Waals surface area contributed by atoms with E-state index in [1.807, 2.05) is 0 Å². The highest BCUT2D eigenvalue weighted by molar-refractivity contribution is 6.51. The minimum Gasteiger partial charge on any atom is -0.0622 e. The van der Waals surface area contributed by atoms with Gasteiger partial charge in [0, 0.05) is 0 Å². The van der Waals surface area contributed by atoms with Gasteiger partial charge in [-0.1, -0.05) is 212 Å². The van der Waals surface area contributed by atoms with Gasteiger partial charge in [-0.25, -0.2) is 0 Å². The fourth-order valence-electron chi connectivity index (χ4n) is 13.7. The molecule has 17 rings (SSSR count). The molecule has 0 bridgehead atoms. The molecule has 0 heterocycles. The van der Waals surface area contributed by atoms with Crippen LogP contribution in [-0.4, -0.2) is 0 Å². The minimum atomic E-state index is 1.25. The van der Waals surface area contributed by atoms with Gasteiger partial charge in [-0.15, -0.1) is 0 Å². The molecule has 0 N–H and O–H groups in total. The van der Waals surface area contributed by atoms with Gasteiger partial charge in [0.25, 0.3) is 0 Å². The summed E-state index contributed by atoms with van der Waals surface area (Å²) in [6, 6.07) is 82.8. The first-order chi connectivity index (χ1) is 33.8. The summed E-state index contributed by atoms with van der Waals surface area (Å²) in [4.78, 5) is 0. The Labute approximate surface area is 390 Å². The molecule has 68 heavy (non-hydrogen) atoms. The summed E-state index contributed by atoms with van der Waals surface area (Å²) in [7, 11) is 0. The Morgan fingerprint density at radius 2 is 0.441 bits per heavy atom. The Hall–Kier alpha value is -8.84. The summed E-state index contributed by atoms with van der Waals surface area (Å²) in [5.41, 5.74) is 13.0. The summed E-state index contributed by atoms with van der Waals surface area (Å²) in [5.74, 6) is 0. The fourth-order valence-corrected chi connectivity index (χ4v) is 13.7. The van der Waals surface area contributed by atoms with E-state index in [1.165, 1.54) is 174 Å². The van der Waals surface area contributed by atoms with Gasteiger partial charge in [-0.2, -0.15) is 0 Å². The van der Waals surface area contributed by atoms with Gasteiger partial charge in [0.2, 0.25) is 0 Å². The van der Waals surface area contributed by atoms with Crippen molar-refractivity contribution in [1.29, 1.82) is 0 Å². The predicted octanol–water partition coefficient (Wildman–Crippen LogP) is 19.3. The maximum absolute atomic E-state index is 2.56. The molecule has 0 saturated heterocycles. The van der Waals surface area contributed by atoms with E-state index < -0.39 is 0 Å². The molecule has 0 nitrogen and oxygen atoms in total. The highest BCUT2D eigenvalue weighted by Crippen LogP contribution is 2.61. The molecule has 308 valence electrons. The second kappa shape index (κ2) is 12.5. The lowest BCUT2D eigenvalue weighted by atomic mass is 9.82. The summed E-state index contributed by atoms with van der Waals surface area (Å²) in [6.07, 6.45) is 0. The third-order valence-electron chi connectivity index (χ3n) is 16.2. The molecule has 1 aliphatic rings. The number of rotatable bonds is 3. The molecule has 0 fully saturated rings. The molecule has 0 spiro atoms. The van der Waals surface area contributed by atoms with Gasteiger partial charge < -0.3 is 0 Å². The van der Waals surface area contributed by atoms with E-state index in [0.717, 1.165) is 0 Å². The molecule has 1 aliphatic carbocycles. The Bertz CT molecular complexity index is 4710. The molecular formula is C68H36. The van der Waals surface area contributed by atoms with E-state index >= 15 is 0 Å². The second-order valence-corrected chi connectivity index (χ2v) is 19.2. The Kier molecular flexibility index (Phi) is 6.53. The van der Waals surface area contributed by atoms with Crippen LogP contribution in [0.1, 0.15) is 0 Å². The highest BCUT2D eigenvalue weighted by atomic mass is 14.4. The molecule has 0 aliphatic heterocycles. The van der Waals surface area contributed by atoms with E-state index in [2.05, 4.69) is 218 Å². The van der Waals surface area contributed by atoms with Crippen molar-refractivity contribution in [1.82, 2.24) is 0 Å². The summed E-state index contributed by atoms with van der Waals surface area (Å²) >= 11 is 0. The van der Waals surface area contributed by atoms with Crippen LogP contribution in [0.2, 0.25) is 0 Å². The zero-order valence-corrected chi connectivity index (χ0v) is 36.8. The van der Waals surface area contributed by atoms with Crippen LogP contribution in [0.4, 0.5) is 0 Å². The minimum absolute atomic E-state index is 1.25. The molecule has 16 aromatic carbocycles. The standard InChI is InChI=1S/C68H36/c1-4-16-37(17-5-1)56-40-22-10-13-25-43(40)61-44-26-14-15-27-45(44)65-64-51-33-30-47-49-32-35-53-63-52(34-31-48(60(49)63)46-28-29-50(62(51)59(46)47)54(64)36-55(56)68(61)65)66-57(38-18-6-2-7-19-38)41-23-11-12-24-42(41)58(67(53)66)39-20-8-3-9-21-39/h1-36H. The maximum Gasteiger partial charge on any atom is -0.000697 e. The normalized spacial score (nSPS) is 12.7. The van der Waals surface area contributed by atoms with Crippen LogP contribution < -0.4 is 0 Å². The lowest BCUT2D eigenvalue weighted by Gasteiger charge is -2.20. The average Bonchev–Trinajstić information content (AvgIpc) is 4.05. The quantitative estimate of drug-likeness (QED) is 0.123. The maximum atomic E-state index is 2.56. The Balaban J connectivity index is 1.03. The van der Waals surface area contributed by atoms with Crippen LogP contribution in [-0.2, 0) is 0 Å². The van der Waals surface area contributed by atoms with Crippen molar-refractivity contribution >= 4 is 118 Å². The van der Waals surface area contributed by atoms with E-state index in [9.17, 15) is 0 Å². The monoisotopic (exact) mass is 852 g/mol. The molecular weight excluding hydrogens is 817 g/mol. The van der Waals surface area contributed by atoms with Gasteiger partial charge in [0.15, 0.2) is 0 Å². The van der Waals surface area contributed by atoms with E-state index in [0.29, 0.717) is 0 Å². The average molecular weight is 853 g/mol. The molecule has 0 heteroatoms. The van der Waals surface area contributed by atoms with Crippen LogP contribution >= 0.6 is 0 Å². The zero-order chi connectivity index (χ0) is 43.9. The number of fused-ring (bicyclic) bond motifs is 15. The van der Waals surface area contributed by atoms with Crippen LogP contribution in [0.3, 0.4) is 0 Å². The lowest BCUT2D eigenvalue weighted by molar-refractivity contribution is 1.62. The molecule has 0 radical (unpaired) electrons. The number of hydrogen-bond donors (Lipinski definition) is 0. The predicted molar refractivity (Wildman–Crippen MR) is 293 cm³/mol. The smallest absolute Gasteiger partial charge is 0.000697 e. The van der Waals surface area contributed by atoms with E-state index in [4.69, 9.17) is 0 Å². The number of benzene rings is 14. The van der Waals surface area contributed by atoms with Crippen LogP contribution in [0.25, 0.3) is 174 Å². The van der Waals surface area contributed by atoms with Crippen molar-refractivity contribution in [3.05, 3.63) is 218 Å². The third kappa shape index (κ3) is 4.16. The second-order valence-electron chi connectivity index (χ2n) is 19.2. The SMILES string of the molecule is c1ccc(-c2c3c(c(-c4ccccc4)c4ccccc24)-c2ccc4c5ccc6c7c(ccc(c8ccc-3c2c84)c57)c2cc3c(-c4ccccc4)c4ccccc4c4c5ccccc5c(c26)c34)cc1. The Morgan fingerprint density at radius 1 is 0.147 bits per heavy atom. The summed E-state index contributed by atoms with van der Waals surface area (Å²) < 4.78 is 0. The topological polar surface area (TPSA) is 0 Å². The van der Waals surface area contributed by atoms with E-state index in [-0.39, 0.29) is 0 Å². The van der Waals surface area contributed by atoms with Crippen molar-refractivity contribution in [3.63, 3.8) is 0 Å². The zero-order valence-electron chi connectivity index (χ0n) is 36.8. The van der Waals surface area contributed by atoms with Crippen molar-refractivity contribution in [2.24, 2.45) is 0 Å². The van der Waals surface area contributed by atoms with Gasteiger partial charge in [0.05, 0.1) is 0 Å². The summed E-state index contributed by atoms with van der Waals surface area (Å²) in [5, 5.41) is 29.5. The van der Waals surface area contributed by atoms with Crippen LogP contribution in [0, 0.1) is 0 Å². The molecule has 16 aromatic rings. The molecule has 0 saturated carbocycles. The first-order valence-electron chi connectivity index (χ1n) is 23.9. The van der Waals surface area contributed by atoms with Gasteiger partial charge >= 0.3 is 0 Å². The van der Waals surface area contributed by atoms with Crippen LogP contribution in [0.15, 0.2) is 218 Å². The third-order valence-corrected chi connectivity index (χ3v) is 16.2. The van der Waals surface area contributed by atoms with Gasteiger partial charge in [-0.3, -0.25) is 0 Å². The van der Waals surface area contributed by atoms with Gasteiger partial charge in [0.1, 0.15) is 0 Å².